The fourth-order valence-corrected chi connectivity index (χ4v) is 4.42. The van der Waals surface area contributed by atoms with Crippen molar-refractivity contribution in [2.24, 2.45) is 0 Å². The summed E-state index contributed by atoms with van der Waals surface area (Å²) in [5.41, 5.74) is 0.598. The number of hydrogen-bond acceptors (Lipinski definition) is 6. The minimum atomic E-state index is -3.53. The highest BCUT2D eigenvalue weighted by atomic mass is 79.9. The average Bonchev–Trinajstić information content (AvgIpc) is 2.70. The zero-order valence-corrected chi connectivity index (χ0v) is 13.1. The molecule has 0 unspecified atom stereocenters. The Morgan fingerprint density at radius 2 is 2.17 bits per heavy atom. The first kappa shape index (κ1) is 14.4. The van der Waals surface area contributed by atoms with Crippen LogP contribution in [0.4, 0.5) is 0 Å². The van der Waals surface area contributed by atoms with E-state index in [9.17, 15) is 8.42 Å². The van der Waals surface area contributed by atoms with E-state index in [1.807, 2.05) is 0 Å². The fourth-order valence-electron chi connectivity index (χ4n) is 1.94. The van der Waals surface area contributed by atoms with Gasteiger partial charge in [-0.3, -0.25) is 4.18 Å². The highest BCUT2D eigenvalue weighted by molar-refractivity contribution is 9.11. The van der Waals surface area contributed by atoms with Crippen LogP contribution in [0.15, 0.2) is 3.92 Å². The molecular weight excluding hydrogens is 342 g/mol. The number of ether oxygens (including phenoxy) is 1. The summed E-state index contributed by atoms with van der Waals surface area (Å²) in [6.45, 7) is 1.44. The van der Waals surface area contributed by atoms with Crippen molar-refractivity contribution >= 4 is 37.4 Å². The van der Waals surface area contributed by atoms with Gasteiger partial charge in [-0.1, -0.05) is 0 Å². The molecule has 5 nitrogen and oxygen atoms in total. The van der Waals surface area contributed by atoms with Gasteiger partial charge in [0.05, 0.1) is 12.8 Å². The fraction of sp³-hybridized carbons (Fsp3) is 0.700. The number of rotatable bonds is 4. The van der Waals surface area contributed by atoms with Crippen LogP contribution in [0.5, 0.6) is 0 Å². The summed E-state index contributed by atoms with van der Waals surface area (Å²) in [5.74, 6) is 0.169. The molecule has 1 saturated heterocycles. The van der Waals surface area contributed by atoms with Crippen LogP contribution in [-0.2, 0) is 24.8 Å². The second-order valence-electron chi connectivity index (χ2n) is 4.03. The second-order valence-corrected chi connectivity index (χ2v) is 8.08. The predicted octanol–water partition coefficient (Wildman–Crippen LogP) is 2.28. The number of aromatic nitrogens is 1. The summed E-state index contributed by atoms with van der Waals surface area (Å²) in [7, 11) is -2.36. The molecule has 0 radical (unpaired) electrons. The Morgan fingerprint density at radius 3 is 2.78 bits per heavy atom. The zero-order valence-electron chi connectivity index (χ0n) is 9.89. The van der Waals surface area contributed by atoms with Gasteiger partial charge < -0.3 is 4.74 Å². The first-order valence-corrected chi connectivity index (χ1v) is 8.71. The summed E-state index contributed by atoms with van der Waals surface area (Å²) in [6, 6.07) is 0. The van der Waals surface area contributed by atoms with Crippen molar-refractivity contribution in [2.75, 3.05) is 20.3 Å². The summed E-state index contributed by atoms with van der Waals surface area (Å²) in [4.78, 5) is 5.29. The van der Waals surface area contributed by atoms with Crippen LogP contribution in [0.25, 0.3) is 0 Å². The molecule has 102 valence electrons. The van der Waals surface area contributed by atoms with Crippen LogP contribution in [0.3, 0.4) is 0 Å². The van der Waals surface area contributed by atoms with Gasteiger partial charge in [0.25, 0.3) is 10.1 Å². The van der Waals surface area contributed by atoms with Gasteiger partial charge >= 0.3 is 0 Å². The van der Waals surface area contributed by atoms with Crippen LogP contribution in [0.1, 0.15) is 29.3 Å². The van der Waals surface area contributed by atoms with Gasteiger partial charge in [0.1, 0.15) is 5.75 Å². The van der Waals surface area contributed by atoms with Crippen molar-refractivity contribution in [1.29, 1.82) is 0 Å². The maximum absolute atomic E-state index is 11.5. The first-order chi connectivity index (χ1) is 8.52. The first-order valence-electron chi connectivity index (χ1n) is 5.53. The lowest BCUT2D eigenvalue weighted by Gasteiger charge is -2.21. The normalized spacial score (nSPS) is 18.1. The van der Waals surface area contributed by atoms with Crippen molar-refractivity contribution in [2.45, 2.75) is 24.5 Å². The number of thiazole rings is 1. The van der Waals surface area contributed by atoms with E-state index in [0.717, 1.165) is 30.9 Å². The van der Waals surface area contributed by atoms with E-state index >= 15 is 0 Å². The molecule has 0 saturated carbocycles. The van der Waals surface area contributed by atoms with E-state index in [-0.39, 0.29) is 5.75 Å². The minimum absolute atomic E-state index is 0.168. The van der Waals surface area contributed by atoms with Gasteiger partial charge in [-0.05, 0) is 34.7 Å². The van der Waals surface area contributed by atoms with Gasteiger partial charge in [-0.2, -0.15) is 8.42 Å². The Hall–Kier alpha value is -0.0200. The minimum Gasteiger partial charge on any atom is -0.381 e. The van der Waals surface area contributed by atoms with Crippen LogP contribution in [0.2, 0.25) is 0 Å². The van der Waals surface area contributed by atoms with E-state index in [1.165, 1.54) is 18.4 Å². The molecule has 2 rings (SSSR count). The standard InChI is InChI=1S/C10H14BrNO4S2/c1-15-18(13,14)6-8-9(17-10(11)12-8)7-2-4-16-5-3-7/h7H,2-6H2,1H3. The molecule has 1 aromatic heterocycles. The Bertz CT molecular complexity index is 508. The van der Waals surface area contributed by atoms with Gasteiger partial charge in [0, 0.05) is 18.1 Å². The van der Waals surface area contributed by atoms with Crippen molar-refractivity contribution in [3.05, 3.63) is 14.5 Å². The lowest BCUT2D eigenvalue weighted by Crippen LogP contribution is -2.15. The van der Waals surface area contributed by atoms with E-state index in [4.69, 9.17) is 4.74 Å². The highest BCUT2D eigenvalue weighted by Gasteiger charge is 2.25. The van der Waals surface area contributed by atoms with Crippen molar-refractivity contribution in [3.63, 3.8) is 0 Å². The Kier molecular flexibility index (Phi) is 4.76. The van der Waals surface area contributed by atoms with Gasteiger partial charge in [-0.25, -0.2) is 4.98 Å². The third kappa shape index (κ3) is 3.51. The molecule has 18 heavy (non-hydrogen) atoms. The lowest BCUT2D eigenvalue weighted by atomic mass is 9.97. The molecule has 1 fully saturated rings. The van der Waals surface area contributed by atoms with Gasteiger partial charge in [0.15, 0.2) is 3.92 Å². The molecular formula is C10H14BrNO4S2. The number of hydrogen-bond donors (Lipinski definition) is 0. The molecule has 0 aromatic carbocycles. The molecule has 2 heterocycles. The molecule has 0 bridgehead atoms. The number of nitrogens with zero attached hydrogens (tertiary/aromatic N) is 1. The molecule has 0 aliphatic carbocycles. The zero-order chi connectivity index (χ0) is 13.2. The monoisotopic (exact) mass is 355 g/mol. The van der Waals surface area contributed by atoms with Crippen LogP contribution in [-0.4, -0.2) is 33.7 Å². The summed E-state index contributed by atoms with van der Waals surface area (Å²) in [5, 5.41) is 0. The highest BCUT2D eigenvalue weighted by Crippen LogP contribution is 2.36. The predicted molar refractivity (Wildman–Crippen MR) is 72.2 cm³/mol. The quantitative estimate of drug-likeness (QED) is 0.775. The van der Waals surface area contributed by atoms with E-state index in [1.54, 1.807) is 0 Å². The van der Waals surface area contributed by atoms with Crippen molar-refractivity contribution in [3.8, 4) is 0 Å². The largest absolute Gasteiger partial charge is 0.381 e. The third-order valence-electron chi connectivity index (χ3n) is 2.86. The summed E-state index contributed by atoms with van der Waals surface area (Å²) in [6.07, 6.45) is 1.82. The Balaban J connectivity index is 2.24. The average molecular weight is 356 g/mol. The summed E-state index contributed by atoms with van der Waals surface area (Å²) < 4.78 is 33.6. The molecule has 0 amide bonds. The molecule has 1 aromatic rings. The maximum Gasteiger partial charge on any atom is 0.272 e. The van der Waals surface area contributed by atoms with Crippen molar-refractivity contribution in [1.82, 2.24) is 4.98 Å². The van der Waals surface area contributed by atoms with E-state index < -0.39 is 10.1 Å². The van der Waals surface area contributed by atoms with Crippen LogP contribution >= 0.6 is 27.3 Å². The third-order valence-corrected chi connectivity index (χ3v) is 5.71. The molecule has 0 N–H and O–H groups in total. The van der Waals surface area contributed by atoms with E-state index in [2.05, 4.69) is 25.1 Å². The molecule has 1 aliphatic heterocycles. The van der Waals surface area contributed by atoms with Crippen LogP contribution in [0, 0.1) is 0 Å². The van der Waals surface area contributed by atoms with Gasteiger partial charge in [-0.15, -0.1) is 11.3 Å². The topological polar surface area (TPSA) is 65.5 Å². The lowest BCUT2D eigenvalue weighted by molar-refractivity contribution is 0.0858. The molecule has 8 heteroatoms. The Morgan fingerprint density at radius 1 is 1.50 bits per heavy atom. The SMILES string of the molecule is COS(=O)(=O)Cc1nc(Br)sc1C1CCOCC1. The smallest absolute Gasteiger partial charge is 0.272 e. The Labute approximate surface area is 119 Å². The molecule has 1 aliphatic rings. The van der Waals surface area contributed by atoms with Crippen molar-refractivity contribution < 1.29 is 17.3 Å². The van der Waals surface area contributed by atoms with Crippen LogP contribution < -0.4 is 0 Å². The molecule has 0 spiro atoms. The maximum atomic E-state index is 11.5. The van der Waals surface area contributed by atoms with Gasteiger partial charge in [0.2, 0.25) is 0 Å². The van der Waals surface area contributed by atoms with E-state index in [0.29, 0.717) is 15.5 Å². The second kappa shape index (κ2) is 5.96. The number of halogens is 1. The molecule has 0 atom stereocenters. The summed E-state index contributed by atoms with van der Waals surface area (Å²) >= 11 is 4.82.